The molecule has 1 aliphatic heterocycles. The van der Waals surface area contributed by atoms with Crippen LogP contribution in [0.25, 0.3) is 0 Å². The molecule has 1 saturated heterocycles. The van der Waals surface area contributed by atoms with E-state index in [1.807, 2.05) is 6.07 Å². The Hall–Kier alpha value is -3.16. The number of amides is 2. The summed E-state index contributed by atoms with van der Waals surface area (Å²) in [7, 11) is -4.08. The lowest BCUT2D eigenvalue weighted by Gasteiger charge is -2.32. The van der Waals surface area contributed by atoms with Crippen LogP contribution in [0.4, 0.5) is 0 Å². The highest BCUT2D eigenvalue weighted by Gasteiger charge is 2.45. The Morgan fingerprint density at radius 2 is 1.69 bits per heavy atom. The van der Waals surface area contributed by atoms with Crippen molar-refractivity contribution in [3.8, 4) is 5.75 Å². The molecule has 2 amide bonds. The molecule has 3 rings (SSSR count). The molecular weight excluding hydrogens is 471 g/mol. The number of carbonyl (C=O) groups is 3. The Labute approximate surface area is 204 Å². The first kappa shape index (κ1) is 26.4. The van der Waals surface area contributed by atoms with Crippen molar-refractivity contribution < 1.29 is 34.1 Å². The van der Waals surface area contributed by atoms with Crippen LogP contribution >= 0.6 is 7.37 Å². The highest BCUT2D eigenvalue weighted by molar-refractivity contribution is 7.58. The number of aromatic hydroxyl groups is 1. The van der Waals surface area contributed by atoms with E-state index in [0.29, 0.717) is 12.0 Å². The summed E-state index contributed by atoms with van der Waals surface area (Å²) in [5.74, 6) is -4.08. The van der Waals surface area contributed by atoms with Gasteiger partial charge in [-0.15, -0.1) is 0 Å². The maximum Gasteiger partial charge on any atom is 0.307 e. The molecule has 0 aliphatic carbocycles. The Balaban J connectivity index is 1.78. The molecule has 35 heavy (non-hydrogen) atoms. The molecule has 0 radical (unpaired) electrons. The van der Waals surface area contributed by atoms with Gasteiger partial charge in [-0.1, -0.05) is 42.5 Å². The average molecular weight is 503 g/mol. The van der Waals surface area contributed by atoms with E-state index in [-0.39, 0.29) is 31.6 Å². The number of carbonyl (C=O) groups excluding carboxylic acids is 2. The standard InChI is InChI=1S/C25H31N2O7P/c1-17(28)26-22(15-19-9-11-21(29)12-10-19)24(30)27-13-5-8-23(27)35(33,34)16-20(25(31)32)14-18-6-3-2-4-7-18/h2-4,6-7,9-12,20,22-23,29H,5,8,13-16H2,1H3,(H,26,28)(H,31,32)(H,33,34)/t20-,22+,23+/m1/s1. The highest BCUT2D eigenvalue weighted by Crippen LogP contribution is 2.53. The van der Waals surface area contributed by atoms with E-state index in [9.17, 15) is 34.1 Å². The number of hydrogen-bond donors (Lipinski definition) is 4. The lowest BCUT2D eigenvalue weighted by molar-refractivity contribution is -0.141. The normalized spacial score (nSPS) is 18.9. The molecule has 1 aliphatic rings. The zero-order valence-electron chi connectivity index (χ0n) is 19.5. The highest BCUT2D eigenvalue weighted by atomic mass is 31.2. The SMILES string of the molecule is CC(=O)N[C@@H](Cc1ccc(O)cc1)C(=O)N1CCC[C@@H]1P(=O)(O)C[C@@H](Cc1ccccc1)C(=O)O. The van der Waals surface area contributed by atoms with Gasteiger partial charge in [0.25, 0.3) is 0 Å². The van der Waals surface area contributed by atoms with Crippen LogP contribution in [-0.4, -0.2) is 62.3 Å². The largest absolute Gasteiger partial charge is 0.508 e. The quantitative estimate of drug-likeness (QED) is 0.366. The lowest BCUT2D eigenvalue weighted by atomic mass is 10.0. The Kier molecular flexibility index (Phi) is 8.70. The van der Waals surface area contributed by atoms with Gasteiger partial charge in [0.2, 0.25) is 19.2 Å². The number of benzene rings is 2. The van der Waals surface area contributed by atoms with Crippen LogP contribution in [0.15, 0.2) is 54.6 Å². The first-order valence-corrected chi connectivity index (χ1v) is 13.4. The molecule has 2 aromatic rings. The third-order valence-electron chi connectivity index (χ3n) is 6.18. The van der Waals surface area contributed by atoms with Crippen molar-refractivity contribution in [1.82, 2.24) is 10.2 Å². The number of carboxylic acid groups (broad SMARTS) is 1. The van der Waals surface area contributed by atoms with Crippen LogP contribution in [0.2, 0.25) is 0 Å². The molecule has 4 atom stereocenters. The Morgan fingerprint density at radius 3 is 2.29 bits per heavy atom. The van der Waals surface area contributed by atoms with Gasteiger partial charge in [0.05, 0.1) is 5.92 Å². The molecule has 0 aromatic heterocycles. The van der Waals surface area contributed by atoms with Crippen LogP contribution in [0.3, 0.4) is 0 Å². The second kappa shape index (κ2) is 11.5. The fraction of sp³-hybridized carbons (Fsp3) is 0.400. The smallest absolute Gasteiger partial charge is 0.307 e. The first-order chi connectivity index (χ1) is 16.6. The van der Waals surface area contributed by atoms with Gasteiger partial charge in [-0.25, -0.2) is 0 Å². The third kappa shape index (κ3) is 7.16. The maximum atomic E-state index is 13.5. The van der Waals surface area contributed by atoms with Gasteiger partial charge in [0.15, 0.2) is 0 Å². The van der Waals surface area contributed by atoms with Crippen molar-refractivity contribution >= 4 is 25.2 Å². The number of nitrogens with one attached hydrogen (secondary N) is 1. The summed E-state index contributed by atoms with van der Waals surface area (Å²) < 4.78 is 13.5. The van der Waals surface area contributed by atoms with Crippen molar-refractivity contribution in [1.29, 1.82) is 0 Å². The number of phenols is 1. The van der Waals surface area contributed by atoms with E-state index in [4.69, 9.17) is 0 Å². The fourth-order valence-corrected chi connectivity index (χ4v) is 6.92. The zero-order chi connectivity index (χ0) is 25.6. The first-order valence-electron chi connectivity index (χ1n) is 11.5. The van der Waals surface area contributed by atoms with Crippen molar-refractivity contribution in [3.63, 3.8) is 0 Å². The predicted octanol–water partition coefficient (Wildman–Crippen LogP) is 2.60. The van der Waals surface area contributed by atoms with Crippen LogP contribution in [0.1, 0.15) is 30.9 Å². The van der Waals surface area contributed by atoms with E-state index >= 15 is 0 Å². The second-order valence-corrected chi connectivity index (χ2v) is 11.4. The van der Waals surface area contributed by atoms with Crippen LogP contribution < -0.4 is 5.32 Å². The summed E-state index contributed by atoms with van der Waals surface area (Å²) in [5, 5.41) is 21.8. The second-order valence-electron chi connectivity index (χ2n) is 8.94. The minimum Gasteiger partial charge on any atom is -0.508 e. The summed E-state index contributed by atoms with van der Waals surface area (Å²) in [6, 6.07) is 14.2. The van der Waals surface area contributed by atoms with E-state index in [2.05, 4.69) is 5.32 Å². The van der Waals surface area contributed by atoms with Crippen LogP contribution in [0.5, 0.6) is 5.75 Å². The van der Waals surface area contributed by atoms with E-state index in [1.165, 1.54) is 24.0 Å². The minimum atomic E-state index is -4.08. The third-order valence-corrected chi connectivity index (χ3v) is 8.61. The molecule has 4 N–H and O–H groups in total. The molecule has 0 saturated carbocycles. The number of rotatable bonds is 10. The van der Waals surface area contributed by atoms with Crippen molar-refractivity contribution in [2.24, 2.45) is 5.92 Å². The van der Waals surface area contributed by atoms with Crippen molar-refractivity contribution in [2.45, 2.75) is 44.4 Å². The number of aliphatic carboxylic acids is 1. The molecule has 1 fully saturated rings. The topological polar surface area (TPSA) is 144 Å². The summed E-state index contributed by atoms with van der Waals surface area (Å²) in [5.41, 5.74) is 1.45. The van der Waals surface area contributed by atoms with Crippen molar-refractivity contribution in [2.75, 3.05) is 12.7 Å². The monoisotopic (exact) mass is 502 g/mol. The van der Waals surface area contributed by atoms with Gasteiger partial charge >= 0.3 is 5.97 Å². The number of hydrogen-bond acceptors (Lipinski definition) is 5. The number of likely N-dealkylation sites (tertiary alicyclic amines) is 1. The zero-order valence-corrected chi connectivity index (χ0v) is 20.4. The molecule has 1 heterocycles. The van der Waals surface area contributed by atoms with Gasteiger partial charge < -0.3 is 25.3 Å². The van der Waals surface area contributed by atoms with Gasteiger partial charge in [0.1, 0.15) is 17.6 Å². The molecule has 0 spiro atoms. The molecule has 0 bridgehead atoms. The van der Waals surface area contributed by atoms with Crippen molar-refractivity contribution in [3.05, 3.63) is 65.7 Å². The summed E-state index contributed by atoms with van der Waals surface area (Å²) in [4.78, 5) is 49.4. The van der Waals surface area contributed by atoms with Gasteiger partial charge in [-0.05, 0) is 42.5 Å². The van der Waals surface area contributed by atoms with Gasteiger partial charge in [0, 0.05) is 26.1 Å². The molecule has 9 nitrogen and oxygen atoms in total. The lowest BCUT2D eigenvalue weighted by Crippen LogP contribution is -2.50. The van der Waals surface area contributed by atoms with Gasteiger partial charge in [-0.2, -0.15) is 0 Å². The minimum absolute atomic E-state index is 0.0699. The Bertz CT molecular complexity index is 1090. The fourth-order valence-electron chi connectivity index (χ4n) is 4.51. The number of phenolic OH excluding ortho intramolecular Hbond substituents is 1. The van der Waals surface area contributed by atoms with Crippen LogP contribution in [-0.2, 0) is 31.8 Å². The van der Waals surface area contributed by atoms with E-state index in [1.54, 1.807) is 36.4 Å². The Morgan fingerprint density at radius 1 is 1.06 bits per heavy atom. The summed E-state index contributed by atoms with van der Waals surface area (Å²) in [6.07, 6.45) is 0.585. The summed E-state index contributed by atoms with van der Waals surface area (Å²) >= 11 is 0. The average Bonchev–Trinajstić information content (AvgIpc) is 3.30. The molecule has 10 heteroatoms. The van der Waals surface area contributed by atoms with E-state index in [0.717, 1.165) is 5.56 Å². The predicted molar refractivity (Wildman–Crippen MR) is 130 cm³/mol. The molecule has 2 aromatic carbocycles. The van der Waals surface area contributed by atoms with E-state index < -0.39 is 49.1 Å². The van der Waals surface area contributed by atoms with Gasteiger partial charge in [-0.3, -0.25) is 18.9 Å². The molecular formula is C25H31N2O7P. The maximum absolute atomic E-state index is 13.5. The summed E-state index contributed by atoms with van der Waals surface area (Å²) in [6.45, 7) is 1.53. The van der Waals surface area contributed by atoms with Crippen LogP contribution in [0, 0.1) is 5.92 Å². The number of nitrogens with zero attached hydrogens (tertiary/aromatic N) is 1. The number of carboxylic acids is 1. The molecule has 188 valence electrons. The molecule has 1 unspecified atom stereocenters.